The first-order chi connectivity index (χ1) is 10.5. The Morgan fingerprint density at radius 2 is 1.95 bits per heavy atom. The summed E-state index contributed by atoms with van der Waals surface area (Å²) in [5, 5.41) is 4.16. The first-order valence-corrected chi connectivity index (χ1v) is 7.54. The number of carbonyl (C=O) groups is 1. The number of amides is 1. The molecule has 2 aromatic rings. The smallest absolute Gasteiger partial charge is 0.330 e. The van der Waals surface area contributed by atoms with Crippen LogP contribution >= 0.6 is 0 Å². The predicted molar refractivity (Wildman–Crippen MR) is 82.8 cm³/mol. The quantitative estimate of drug-likeness (QED) is 0.859. The van der Waals surface area contributed by atoms with Crippen molar-refractivity contribution in [2.75, 3.05) is 6.54 Å². The maximum absolute atomic E-state index is 12.6. The summed E-state index contributed by atoms with van der Waals surface area (Å²) in [4.78, 5) is 26.4. The fraction of sp³-hybridized carbons (Fsp3) is 0.438. The van der Waals surface area contributed by atoms with Crippen molar-refractivity contribution in [2.24, 2.45) is 0 Å². The topological polar surface area (TPSA) is 60.1 Å². The number of nitrogens with zero attached hydrogens (tertiary/aromatic N) is 4. The number of rotatable bonds is 3. The van der Waals surface area contributed by atoms with Crippen molar-refractivity contribution in [2.45, 2.75) is 40.4 Å². The van der Waals surface area contributed by atoms with Crippen LogP contribution in [0.15, 0.2) is 23.0 Å². The van der Waals surface area contributed by atoms with Gasteiger partial charge in [-0.3, -0.25) is 9.36 Å². The maximum Gasteiger partial charge on any atom is 0.346 e. The second kappa shape index (κ2) is 5.44. The summed E-state index contributed by atoms with van der Waals surface area (Å²) in [7, 11) is 0. The lowest BCUT2D eigenvalue weighted by molar-refractivity contribution is 0.0681. The van der Waals surface area contributed by atoms with Crippen molar-refractivity contribution in [3.05, 3.63) is 51.2 Å². The highest BCUT2D eigenvalue weighted by Crippen LogP contribution is 2.16. The third kappa shape index (κ3) is 2.34. The highest BCUT2D eigenvalue weighted by atomic mass is 16.2. The molecule has 1 aromatic carbocycles. The summed E-state index contributed by atoms with van der Waals surface area (Å²) < 4.78 is 2.82. The number of aromatic nitrogens is 3. The first kappa shape index (κ1) is 14.6. The van der Waals surface area contributed by atoms with Gasteiger partial charge in [0.25, 0.3) is 5.91 Å². The van der Waals surface area contributed by atoms with Gasteiger partial charge in [-0.1, -0.05) is 23.8 Å². The zero-order chi connectivity index (χ0) is 15.9. The Morgan fingerprint density at radius 3 is 2.68 bits per heavy atom. The lowest BCUT2D eigenvalue weighted by Gasteiger charge is -2.27. The molecule has 0 aliphatic carbocycles. The molecule has 1 aliphatic heterocycles. The molecule has 116 valence electrons. The van der Waals surface area contributed by atoms with Gasteiger partial charge in [0.15, 0.2) is 0 Å². The first-order valence-electron chi connectivity index (χ1n) is 7.54. The van der Waals surface area contributed by atoms with Crippen LogP contribution in [-0.2, 0) is 19.6 Å². The van der Waals surface area contributed by atoms with E-state index in [2.05, 4.69) is 23.3 Å². The monoisotopic (exact) mass is 300 g/mol. The molecule has 2 heterocycles. The van der Waals surface area contributed by atoms with Gasteiger partial charge in [0.05, 0.1) is 0 Å². The minimum atomic E-state index is -0.197. The Balaban J connectivity index is 1.90. The van der Waals surface area contributed by atoms with E-state index in [0.29, 0.717) is 26.2 Å². The molecule has 0 N–H and O–H groups in total. The zero-order valence-corrected chi connectivity index (χ0v) is 13.2. The molecule has 1 aromatic heterocycles. The van der Waals surface area contributed by atoms with Crippen molar-refractivity contribution in [1.29, 1.82) is 0 Å². The highest BCUT2D eigenvalue weighted by molar-refractivity contribution is 5.91. The van der Waals surface area contributed by atoms with E-state index >= 15 is 0 Å². The van der Waals surface area contributed by atoms with Gasteiger partial charge >= 0.3 is 5.69 Å². The van der Waals surface area contributed by atoms with Gasteiger partial charge < -0.3 is 4.90 Å². The molecule has 0 spiro atoms. The second-order valence-corrected chi connectivity index (χ2v) is 5.73. The third-order valence-electron chi connectivity index (χ3n) is 4.16. The van der Waals surface area contributed by atoms with Crippen LogP contribution in [0, 0.1) is 13.8 Å². The van der Waals surface area contributed by atoms with E-state index in [0.717, 1.165) is 5.56 Å². The van der Waals surface area contributed by atoms with Gasteiger partial charge in [0.2, 0.25) is 5.82 Å². The van der Waals surface area contributed by atoms with Crippen LogP contribution in [-0.4, -0.2) is 31.7 Å². The Labute approximate surface area is 129 Å². The lowest BCUT2D eigenvalue weighted by Crippen LogP contribution is -2.42. The Kier molecular flexibility index (Phi) is 3.60. The van der Waals surface area contributed by atoms with Crippen LogP contribution in [0.3, 0.4) is 0 Å². The maximum atomic E-state index is 12.6. The largest absolute Gasteiger partial charge is 0.346 e. The molecular weight excluding hydrogens is 280 g/mol. The van der Waals surface area contributed by atoms with Gasteiger partial charge in [-0.05, 0) is 31.9 Å². The second-order valence-electron chi connectivity index (χ2n) is 5.73. The minimum Gasteiger partial charge on any atom is -0.330 e. The summed E-state index contributed by atoms with van der Waals surface area (Å²) in [5.74, 6) is 0.0832. The third-order valence-corrected chi connectivity index (χ3v) is 4.16. The van der Waals surface area contributed by atoms with Crippen LogP contribution in [0.2, 0.25) is 0 Å². The van der Waals surface area contributed by atoms with Crippen LogP contribution in [0.1, 0.15) is 34.2 Å². The standard InChI is InChI=1S/C16H20N4O2/c1-4-20-16(22)19-8-7-18(15(21)14(19)17-20)10-13-9-11(2)5-6-12(13)3/h5-6,9H,4,7-8,10H2,1-3H3. The molecule has 1 amide bonds. The van der Waals surface area contributed by atoms with Gasteiger partial charge in [-0.15, -0.1) is 5.10 Å². The van der Waals surface area contributed by atoms with E-state index in [9.17, 15) is 9.59 Å². The van der Waals surface area contributed by atoms with Crippen molar-refractivity contribution >= 4 is 5.91 Å². The van der Waals surface area contributed by atoms with E-state index in [1.165, 1.54) is 20.4 Å². The number of carbonyl (C=O) groups excluding carboxylic acids is 1. The van der Waals surface area contributed by atoms with Gasteiger partial charge in [-0.25, -0.2) is 9.48 Å². The molecule has 6 heteroatoms. The fourth-order valence-electron chi connectivity index (χ4n) is 2.80. The number of fused-ring (bicyclic) bond motifs is 1. The molecule has 0 fully saturated rings. The van der Waals surface area contributed by atoms with Gasteiger partial charge in [-0.2, -0.15) is 0 Å². The van der Waals surface area contributed by atoms with E-state index in [4.69, 9.17) is 0 Å². The van der Waals surface area contributed by atoms with E-state index in [-0.39, 0.29) is 17.4 Å². The average Bonchev–Trinajstić information content (AvgIpc) is 2.83. The molecule has 1 aliphatic rings. The Hall–Kier alpha value is -2.37. The van der Waals surface area contributed by atoms with Gasteiger partial charge in [0.1, 0.15) is 0 Å². The molecule has 22 heavy (non-hydrogen) atoms. The normalized spacial score (nSPS) is 14.3. The van der Waals surface area contributed by atoms with E-state index in [1.807, 2.05) is 20.8 Å². The van der Waals surface area contributed by atoms with Crippen LogP contribution in [0.4, 0.5) is 0 Å². The molecule has 3 rings (SSSR count). The number of hydrogen-bond donors (Lipinski definition) is 0. The highest BCUT2D eigenvalue weighted by Gasteiger charge is 2.29. The van der Waals surface area contributed by atoms with Crippen LogP contribution < -0.4 is 5.69 Å². The summed E-state index contributed by atoms with van der Waals surface area (Å²) in [6, 6.07) is 6.24. The van der Waals surface area contributed by atoms with E-state index < -0.39 is 0 Å². The summed E-state index contributed by atoms with van der Waals surface area (Å²) in [6.45, 7) is 8.01. The fourth-order valence-corrected chi connectivity index (χ4v) is 2.80. The molecule has 6 nitrogen and oxygen atoms in total. The Bertz CT molecular complexity index is 788. The lowest BCUT2D eigenvalue weighted by atomic mass is 10.0. The van der Waals surface area contributed by atoms with Crippen molar-refractivity contribution in [3.8, 4) is 0 Å². The molecule has 0 unspecified atom stereocenters. The number of benzene rings is 1. The van der Waals surface area contributed by atoms with Crippen LogP contribution in [0.5, 0.6) is 0 Å². The molecular formula is C16H20N4O2. The molecule has 0 atom stereocenters. The van der Waals surface area contributed by atoms with Crippen molar-refractivity contribution in [3.63, 3.8) is 0 Å². The number of aryl methyl sites for hydroxylation is 3. The molecule has 0 radical (unpaired) electrons. The SMILES string of the molecule is CCn1nc2n(c1=O)CCN(Cc1cc(C)ccc1C)C2=O. The summed E-state index contributed by atoms with van der Waals surface area (Å²) in [6.07, 6.45) is 0. The van der Waals surface area contributed by atoms with Crippen molar-refractivity contribution in [1.82, 2.24) is 19.2 Å². The predicted octanol–water partition coefficient (Wildman–Crippen LogP) is 1.34. The Morgan fingerprint density at radius 1 is 1.18 bits per heavy atom. The minimum absolute atomic E-state index is 0.170. The molecule has 0 saturated carbocycles. The van der Waals surface area contributed by atoms with Crippen molar-refractivity contribution < 1.29 is 4.79 Å². The molecule has 0 saturated heterocycles. The summed E-state index contributed by atoms with van der Waals surface area (Å²) >= 11 is 0. The summed E-state index contributed by atoms with van der Waals surface area (Å²) in [5.41, 5.74) is 3.29. The average molecular weight is 300 g/mol. The van der Waals surface area contributed by atoms with Gasteiger partial charge in [0, 0.05) is 26.2 Å². The van der Waals surface area contributed by atoms with Crippen LogP contribution in [0.25, 0.3) is 0 Å². The number of hydrogen-bond acceptors (Lipinski definition) is 3. The zero-order valence-electron chi connectivity index (χ0n) is 13.2. The molecule has 0 bridgehead atoms. The van der Waals surface area contributed by atoms with E-state index in [1.54, 1.807) is 4.90 Å².